The summed E-state index contributed by atoms with van der Waals surface area (Å²) in [5.74, 6) is 0.493. The number of hydrogen-bond donors (Lipinski definition) is 0. The molecular formula is C11H10BrFN2. The number of nitrogens with zero attached hydrogens (tertiary/aromatic N) is 2. The smallest absolute Gasteiger partial charge is 0.130 e. The molecule has 15 heavy (non-hydrogen) atoms. The summed E-state index contributed by atoms with van der Waals surface area (Å²) < 4.78 is 14.1. The monoisotopic (exact) mass is 268 g/mol. The first-order valence-electron chi connectivity index (χ1n) is 4.74. The zero-order chi connectivity index (χ0) is 11.0. The van der Waals surface area contributed by atoms with Crippen molar-refractivity contribution < 1.29 is 4.39 Å². The zero-order valence-electron chi connectivity index (χ0n) is 8.51. The Balaban J connectivity index is 2.80. The summed E-state index contributed by atoms with van der Waals surface area (Å²) in [6, 6.07) is 3.21. The van der Waals surface area contributed by atoms with E-state index in [4.69, 9.17) is 0 Å². The second-order valence-corrected chi connectivity index (χ2v) is 4.15. The van der Waals surface area contributed by atoms with Crippen molar-refractivity contribution in [2.45, 2.75) is 20.3 Å². The van der Waals surface area contributed by atoms with Crippen molar-refractivity contribution in [2.75, 3.05) is 0 Å². The molecule has 0 unspecified atom stereocenters. The van der Waals surface area contributed by atoms with Crippen molar-refractivity contribution in [1.82, 2.24) is 9.97 Å². The number of rotatable bonds is 1. The topological polar surface area (TPSA) is 25.8 Å². The maximum absolute atomic E-state index is 13.3. The lowest BCUT2D eigenvalue weighted by molar-refractivity contribution is 0.620. The fourth-order valence-corrected chi connectivity index (χ4v) is 1.95. The van der Waals surface area contributed by atoms with Crippen LogP contribution in [0, 0.1) is 12.7 Å². The third-order valence-corrected chi connectivity index (χ3v) is 2.90. The number of aryl methyl sites for hydroxylation is 2. The lowest BCUT2D eigenvalue weighted by atomic mass is 10.1. The SMILES string of the molecule is CCc1nc(Br)c2cc(C)c(F)cc2n1. The Morgan fingerprint density at radius 3 is 2.73 bits per heavy atom. The predicted octanol–water partition coefficient (Wildman–Crippen LogP) is 3.40. The highest BCUT2D eigenvalue weighted by Crippen LogP contribution is 2.23. The fourth-order valence-electron chi connectivity index (χ4n) is 1.42. The molecule has 0 aliphatic rings. The number of benzene rings is 1. The van der Waals surface area contributed by atoms with Gasteiger partial charge in [0.1, 0.15) is 16.2 Å². The molecule has 0 aliphatic carbocycles. The summed E-state index contributed by atoms with van der Waals surface area (Å²) in [4.78, 5) is 8.55. The van der Waals surface area contributed by atoms with Gasteiger partial charge in [-0.2, -0.15) is 0 Å². The van der Waals surface area contributed by atoms with Crippen LogP contribution in [0.3, 0.4) is 0 Å². The van der Waals surface area contributed by atoms with Crippen LogP contribution in [0.4, 0.5) is 4.39 Å². The molecule has 1 aromatic heterocycles. The van der Waals surface area contributed by atoms with Crippen LogP contribution in [0.15, 0.2) is 16.7 Å². The van der Waals surface area contributed by atoms with Gasteiger partial charge in [-0.15, -0.1) is 0 Å². The van der Waals surface area contributed by atoms with Gasteiger partial charge in [0.15, 0.2) is 0 Å². The molecule has 0 bridgehead atoms. The molecule has 4 heteroatoms. The van der Waals surface area contributed by atoms with Crippen LogP contribution in [0.2, 0.25) is 0 Å². The first-order chi connectivity index (χ1) is 7.11. The molecule has 0 radical (unpaired) electrons. The van der Waals surface area contributed by atoms with Crippen LogP contribution in [0.1, 0.15) is 18.3 Å². The molecule has 0 aliphatic heterocycles. The largest absolute Gasteiger partial charge is 0.233 e. The maximum Gasteiger partial charge on any atom is 0.130 e. The van der Waals surface area contributed by atoms with Gasteiger partial charge in [-0.3, -0.25) is 0 Å². The average Bonchev–Trinajstić information content (AvgIpc) is 2.21. The molecule has 0 spiro atoms. The van der Waals surface area contributed by atoms with E-state index in [0.717, 1.165) is 22.2 Å². The molecule has 0 saturated carbocycles. The highest BCUT2D eigenvalue weighted by atomic mass is 79.9. The van der Waals surface area contributed by atoms with E-state index in [-0.39, 0.29) is 5.82 Å². The van der Waals surface area contributed by atoms with Gasteiger partial charge in [0.05, 0.1) is 5.52 Å². The third-order valence-electron chi connectivity index (χ3n) is 2.29. The van der Waals surface area contributed by atoms with E-state index < -0.39 is 0 Å². The van der Waals surface area contributed by atoms with E-state index in [0.29, 0.717) is 11.1 Å². The normalized spacial score (nSPS) is 10.9. The van der Waals surface area contributed by atoms with Gasteiger partial charge in [-0.1, -0.05) is 6.92 Å². The first kappa shape index (κ1) is 10.5. The van der Waals surface area contributed by atoms with Crippen molar-refractivity contribution in [3.63, 3.8) is 0 Å². The Morgan fingerprint density at radius 2 is 2.07 bits per heavy atom. The Kier molecular flexibility index (Phi) is 2.69. The molecule has 1 heterocycles. The molecule has 0 N–H and O–H groups in total. The van der Waals surface area contributed by atoms with E-state index in [1.807, 2.05) is 6.92 Å². The van der Waals surface area contributed by atoms with Crippen LogP contribution in [-0.4, -0.2) is 9.97 Å². The van der Waals surface area contributed by atoms with Gasteiger partial charge in [-0.05, 0) is 34.5 Å². The highest BCUT2D eigenvalue weighted by Gasteiger charge is 2.07. The molecule has 0 fully saturated rings. The second-order valence-electron chi connectivity index (χ2n) is 3.40. The van der Waals surface area contributed by atoms with E-state index in [1.165, 1.54) is 6.07 Å². The molecule has 2 rings (SSSR count). The van der Waals surface area contributed by atoms with Gasteiger partial charge in [-0.25, -0.2) is 14.4 Å². The van der Waals surface area contributed by atoms with Crippen LogP contribution < -0.4 is 0 Å². The first-order valence-corrected chi connectivity index (χ1v) is 5.53. The fraction of sp³-hybridized carbons (Fsp3) is 0.273. The Bertz CT molecular complexity index is 525. The van der Waals surface area contributed by atoms with Crippen molar-refractivity contribution in [3.05, 3.63) is 33.9 Å². The molecule has 0 saturated heterocycles. The second kappa shape index (κ2) is 3.85. The molecule has 0 atom stereocenters. The summed E-state index contributed by atoms with van der Waals surface area (Å²) in [5.41, 5.74) is 1.26. The van der Waals surface area contributed by atoms with Gasteiger partial charge in [0, 0.05) is 17.9 Å². The minimum absolute atomic E-state index is 0.227. The van der Waals surface area contributed by atoms with Crippen LogP contribution in [-0.2, 0) is 6.42 Å². The number of fused-ring (bicyclic) bond motifs is 1. The van der Waals surface area contributed by atoms with Crippen LogP contribution in [0.5, 0.6) is 0 Å². The minimum atomic E-state index is -0.227. The Hall–Kier alpha value is -1.03. The van der Waals surface area contributed by atoms with Crippen molar-refractivity contribution in [1.29, 1.82) is 0 Å². The summed E-state index contributed by atoms with van der Waals surface area (Å²) in [6.07, 6.45) is 0.740. The van der Waals surface area contributed by atoms with E-state index >= 15 is 0 Å². The van der Waals surface area contributed by atoms with Crippen molar-refractivity contribution in [2.24, 2.45) is 0 Å². The Labute approximate surface area is 95.7 Å². The van der Waals surface area contributed by atoms with Crippen LogP contribution >= 0.6 is 15.9 Å². The zero-order valence-corrected chi connectivity index (χ0v) is 10.1. The van der Waals surface area contributed by atoms with Crippen LogP contribution in [0.25, 0.3) is 10.9 Å². The lowest BCUT2D eigenvalue weighted by Crippen LogP contribution is -1.96. The summed E-state index contributed by atoms with van der Waals surface area (Å²) in [6.45, 7) is 3.70. The van der Waals surface area contributed by atoms with Crippen molar-refractivity contribution in [3.8, 4) is 0 Å². The van der Waals surface area contributed by atoms with Crippen molar-refractivity contribution >= 4 is 26.8 Å². The molecular weight excluding hydrogens is 259 g/mol. The molecule has 78 valence electrons. The molecule has 1 aromatic carbocycles. The Morgan fingerprint density at radius 1 is 1.33 bits per heavy atom. The molecule has 2 nitrogen and oxygen atoms in total. The minimum Gasteiger partial charge on any atom is -0.233 e. The average molecular weight is 269 g/mol. The molecule has 2 aromatic rings. The summed E-state index contributed by atoms with van der Waals surface area (Å²) in [7, 11) is 0. The van der Waals surface area contributed by atoms with Gasteiger partial charge >= 0.3 is 0 Å². The van der Waals surface area contributed by atoms with E-state index in [9.17, 15) is 4.39 Å². The van der Waals surface area contributed by atoms with Gasteiger partial charge in [0.25, 0.3) is 0 Å². The summed E-state index contributed by atoms with van der Waals surface area (Å²) in [5, 5.41) is 0.853. The lowest BCUT2D eigenvalue weighted by Gasteiger charge is -2.04. The standard InChI is InChI=1S/C11H10BrFN2/c1-3-10-14-9-5-8(13)6(2)4-7(9)11(12)15-10/h4-5H,3H2,1-2H3. The predicted molar refractivity (Wildman–Crippen MR) is 61.3 cm³/mol. The highest BCUT2D eigenvalue weighted by molar-refractivity contribution is 9.10. The summed E-state index contributed by atoms with van der Waals surface area (Å²) >= 11 is 3.37. The maximum atomic E-state index is 13.3. The van der Waals surface area contributed by atoms with Gasteiger partial charge < -0.3 is 0 Å². The third kappa shape index (κ3) is 1.86. The quantitative estimate of drug-likeness (QED) is 0.741. The number of hydrogen-bond acceptors (Lipinski definition) is 2. The van der Waals surface area contributed by atoms with Gasteiger partial charge in [0.2, 0.25) is 0 Å². The number of aromatic nitrogens is 2. The molecule has 0 amide bonds. The number of halogens is 2. The van der Waals surface area contributed by atoms with E-state index in [1.54, 1.807) is 13.0 Å². The van der Waals surface area contributed by atoms with E-state index in [2.05, 4.69) is 25.9 Å².